The molecule has 0 N–H and O–H groups in total. The molecule has 19 heavy (non-hydrogen) atoms. The highest BCUT2D eigenvalue weighted by Gasteiger charge is 2.15. The van der Waals surface area contributed by atoms with E-state index in [1.165, 1.54) is 0 Å². The third-order valence-corrected chi connectivity index (χ3v) is 2.58. The zero-order valence-corrected chi connectivity index (χ0v) is 11.4. The van der Waals surface area contributed by atoms with Crippen molar-refractivity contribution in [2.45, 2.75) is 0 Å². The van der Waals surface area contributed by atoms with Crippen molar-refractivity contribution in [2.24, 2.45) is 0 Å². The lowest BCUT2D eigenvalue weighted by atomic mass is 10.1. The van der Waals surface area contributed by atoms with Crippen LogP contribution in [0.5, 0.6) is 11.5 Å². The number of carbonyl (C=O) groups excluding carboxylic acids is 1. The molecule has 0 heterocycles. The lowest BCUT2D eigenvalue weighted by Crippen LogP contribution is -2.31. The van der Waals surface area contributed by atoms with Crippen LogP contribution < -0.4 is 9.47 Å². The third kappa shape index (κ3) is 3.88. The topological polar surface area (TPSA) is 38.8 Å². The highest BCUT2D eigenvalue weighted by atomic mass is 16.5. The van der Waals surface area contributed by atoms with Crippen molar-refractivity contribution in [3.8, 4) is 11.5 Å². The van der Waals surface area contributed by atoms with Gasteiger partial charge in [-0.25, -0.2) is 0 Å². The van der Waals surface area contributed by atoms with E-state index in [-0.39, 0.29) is 5.91 Å². The van der Waals surface area contributed by atoms with Gasteiger partial charge in [0.15, 0.2) is 0 Å². The van der Waals surface area contributed by atoms with Crippen LogP contribution in [0.25, 0.3) is 0 Å². The van der Waals surface area contributed by atoms with Crippen LogP contribution in [0.3, 0.4) is 0 Å². The second-order valence-corrected chi connectivity index (χ2v) is 3.89. The Morgan fingerprint density at radius 3 is 1.95 bits per heavy atom. The summed E-state index contributed by atoms with van der Waals surface area (Å²) in [6, 6.07) is 5.09. The van der Waals surface area contributed by atoms with E-state index in [1.54, 1.807) is 49.5 Å². The lowest BCUT2D eigenvalue weighted by molar-refractivity contribution is 0.0790. The first-order chi connectivity index (χ1) is 9.15. The Labute approximate surface area is 113 Å². The molecule has 4 nitrogen and oxygen atoms in total. The Kier molecular flexibility index (Phi) is 5.67. The molecule has 102 valence electrons. The van der Waals surface area contributed by atoms with Crippen LogP contribution in [0, 0.1) is 0 Å². The van der Waals surface area contributed by atoms with Crippen LogP contribution in [0.1, 0.15) is 10.4 Å². The fourth-order valence-electron chi connectivity index (χ4n) is 1.67. The van der Waals surface area contributed by atoms with Crippen LogP contribution in [-0.4, -0.2) is 38.1 Å². The maximum absolute atomic E-state index is 12.4. The number of hydrogen-bond donors (Lipinski definition) is 0. The van der Waals surface area contributed by atoms with Gasteiger partial charge < -0.3 is 14.4 Å². The minimum absolute atomic E-state index is 0.114. The maximum Gasteiger partial charge on any atom is 0.254 e. The summed E-state index contributed by atoms with van der Waals surface area (Å²) in [6.07, 6.45) is 3.36. The Morgan fingerprint density at radius 1 is 1.11 bits per heavy atom. The first-order valence-electron chi connectivity index (χ1n) is 5.90. The van der Waals surface area contributed by atoms with Gasteiger partial charge in [-0.3, -0.25) is 4.79 Å². The molecule has 1 rings (SSSR count). The van der Waals surface area contributed by atoms with Gasteiger partial charge in [0.2, 0.25) is 0 Å². The number of carbonyl (C=O) groups is 1. The third-order valence-electron chi connectivity index (χ3n) is 2.58. The minimum Gasteiger partial charge on any atom is -0.497 e. The van der Waals surface area contributed by atoms with Crippen molar-refractivity contribution in [1.82, 2.24) is 4.90 Å². The van der Waals surface area contributed by atoms with Crippen LogP contribution in [0.4, 0.5) is 0 Å². The highest BCUT2D eigenvalue weighted by molar-refractivity contribution is 5.95. The molecule has 0 fully saturated rings. The first-order valence-corrected chi connectivity index (χ1v) is 5.90. The molecule has 0 unspecified atom stereocenters. The molecule has 0 bridgehead atoms. The first kappa shape index (κ1) is 14.8. The van der Waals surface area contributed by atoms with Crippen LogP contribution in [0.15, 0.2) is 43.5 Å². The van der Waals surface area contributed by atoms with Gasteiger partial charge in [-0.05, 0) is 12.1 Å². The Bertz CT molecular complexity index is 436. The number of methoxy groups -OCH3 is 2. The molecular weight excluding hydrogens is 242 g/mol. The van der Waals surface area contributed by atoms with Crippen molar-refractivity contribution in [1.29, 1.82) is 0 Å². The molecule has 0 radical (unpaired) electrons. The number of hydrogen-bond acceptors (Lipinski definition) is 3. The van der Waals surface area contributed by atoms with Crippen LogP contribution in [-0.2, 0) is 0 Å². The van der Waals surface area contributed by atoms with E-state index in [4.69, 9.17) is 9.47 Å². The molecular formula is C15H19NO3. The summed E-state index contributed by atoms with van der Waals surface area (Å²) in [4.78, 5) is 14.0. The zero-order valence-electron chi connectivity index (χ0n) is 11.4. The van der Waals surface area contributed by atoms with E-state index in [9.17, 15) is 4.79 Å². The van der Waals surface area contributed by atoms with Gasteiger partial charge in [-0.2, -0.15) is 0 Å². The molecule has 0 saturated heterocycles. The van der Waals surface area contributed by atoms with Gasteiger partial charge in [-0.1, -0.05) is 12.2 Å². The zero-order chi connectivity index (χ0) is 14.3. The van der Waals surface area contributed by atoms with E-state index >= 15 is 0 Å². The standard InChI is InChI=1S/C15H19NO3/c1-5-7-16(8-6-2)15(17)12-9-13(18-3)11-14(10-12)19-4/h5-6,9-11H,1-2,7-8H2,3-4H3. The molecule has 1 aromatic rings. The molecule has 0 spiro atoms. The Hall–Kier alpha value is -2.23. The second-order valence-electron chi connectivity index (χ2n) is 3.89. The van der Waals surface area contributed by atoms with Gasteiger partial charge in [-0.15, -0.1) is 13.2 Å². The van der Waals surface area contributed by atoms with E-state index in [2.05, 4.69) is 13.2 Å². The van der Waals surface area contributed by atoms with Gasteiger partial charge in [0.1, 0.15) is 11.5 Å². The van der Waals surface area contributed by atoms with E-state index < -0.39 is 0 Å². The van der Waals surface area contributed by atoms with E-state index in [1.807, 2.05) is 0 Å². The quantitative estimate of drug-likeness (QED) is 0.708. The maximum atomic E-state index is 12.4. The summed E-state index contributed by atoms with van der Waals surface area (Å²) in [5.74, 6) is 1.05. The van der Waals surface area contributed by atoms with Crippen molar-refractivity contribution in [3.63, 3.8) is 0 Å². The molecule has 0 aromatic heterocycles. The smallest absolute Gasteiger partial charge is 0.254 e. The number of rotatable bonds is 7. The molecule has 0 atom stereocenters. The van der Waals surface area contributed by atoms with Crippen molar-refractivity contribution < 1.29 is 14.3 Å². The summed E-state index contributed by atoms with van der Waals surface area (Å²) in [6.45, 7) is 8.22. The fourth-order valence-corrected chi connectivity index (χ4v) is 1.67. The van der Waals surface area contributed by atoms with E-state index in [0.717, 1.165) is 0 Å². The Morgan fingerprint density at radius 2 is 1.58 bits per heavy atom. The molecule has 1 amide bonds. The SMILES string of the molecule is C=CCN(CC=C)C(=O)c1cc(OC)cc(OC)c1. The molecule has 0 aliphatic heterocycles. The molecule has 0 aliphatic rings. The number of amides is 1. The average Bonchev–Trinajstić information content (AvgIpc) is 2.45. The number of benzene rings is 1. The van der Waals surface area contributed by atoms with Gasteiger partial charge in [0.25, 0.3) is 5.91 Å². The number of nitrogens with zero attached hydrogens (tertiary/aromatic N) is 1. The fraction of sp³-hybridized carbons (Fsp3) is 0.267. The average molecular weight is 261 g/mol. The molecule has 0 aliphatic carbocycles. The van der Waals surface area contributed by atoms with E-state index in [0.29, 0.717) is 30.2 Å². The predicted octanol–water partition coefficient (Wildman–Crippen LogP) is 2.52. The van der Waals surface area contributed by atoms with Gasteiger partial charge in [0.05, 0.1) is 14.2 Å². The molecule has 1 aromatic carbocycles. The summed E-state index contributed by atoms with van der Waals surface area (Å²) < 4.78 is 10.3. The predicted molar refractivity (Wildman–Crippen MR) is 75.8 cm³/mol. The van der Waals surface area contributed by atoms with Crippen molar-refractivity contribution in [3.05, 3.63) is 49.1 Å². The van der Waals surface area contributed by atoms with Gasteiger partial charge in [0, 0.05) is 24.7 Å². The molecule has 4 heteroatoms. The van der Waals surface area contributed by atoms with Crippen LogP contribution >= 0.6 is 0 Å². The monoisotopic (exact) mass is 261 g/mol. The Balaban J connectivity index is 3.08. The summed E-state index contributed by atoms with van der Waals surface area (Å²) >= 11 is 0. The van der Waals surface area contributed by atoms with Crippen molar-refractivity contribution in [2.75, 3.05) is 27.3 Å². The highest BCUT2D eigenvalue weighted by Crippen LogP contribution is 2.23. The second kappa shape index (κ2) is 7.26. The normalized spacial score (nSPS) is 9.58. The summed E-state index contributed by atoms with van der Waals surface area (Å²) in [5.41, 5.74) is 0.514. The largest absolute Gasteiger partial charge is 0.497 e. The van der Waals surface area contributed by atoms with Gasteiger partial charge >= 0.3 is 0 Å². The van der Waals surface area contributed by atoms with Crippen molar-refractivity contribution >= 4 is 5.91 Å². The van der Waals surface area contributed by atoms with Crippen LogP contribution in [0.2, 0.25) is 0 Å². The summed E-state index contributed by atoms with van der Waals surface area (Å²) in [5, 5.41) is 0. The minimum atomic E-state index is -0.114. The molecule has 0 saturated carbocycles. The summed E-state index contributed by atoms with van der Waals surface area (Å²) in [7, 11) is 3.10. The lowest BCUT2D eigenvalue weighted by Gasteiger charge is -2.20. The number of ether oxygens (including phenoxy) is 2.